The topological polar surface area (TPSA) is 103 Å². The molecule has 8 heteroatoms. The highest BCUT2D eigenvalue weighted by Crippen LogP contribution is 2.42. The molecule has 164 valence electrons. The van der Waals surface area contributed by atoms with E-state index in [0.29, 0.717) is 45.6 Å². The number of benzene rings is 2. The Bertz CT molecular complexity index is 875. The Morgan fingerprint density at radius 1 is 0.581 bits per heavy atom. The van der Waals surface area contributed by atoms with E-state index in [9.17, 15) is 10.5 Å². The van der Waals surface area contributed by atoms with Crippen LogP contribution in [-0.4, -0.2) is 42.7 Å². The molecular weight excluding hydrogens is 400 g/mol. The van der Waals surface area contributed by atoms with Crippen molar-refractivity contribution < 1.29 is 28.4 Å². The van der Waals surface area contributed by atoms with E-state index in [4.69, 9.17) is 28.4 Å². The first-order valence-electron chi connectivity index (χ1n) is 9.35. The lowest BCUT2D eigenvalue weighted by Crippen LogP contribution is -2.23. The Labute approximate surface area is 182 Å². The summed E-state index contributed by atoms with van der Waals surface area (Å²) in [5.41, 5.74) is 0.0463. The molecule has 2 aromatic carbocycles. The third kappa shape index (κ3) is 4.87. The van der Waals surface area contributed by atoms with Gasteiger partial charge in [-0.3, -0.25) is 0 Å². The van der Waals surface area contributed by atoms with Crippen LogP contribution in [0, 0.1) is 28.1 Å². The first-order chi connectivity index (χ1) is 14.9. The van der Waals surface area contributed by atoms with Gasteiger partial charge in [0.2, 0.25) is 11.5 Å². The van der Waals surface area contributed by atoms with Crippen molar-refractivity contribution in [3.63, 3.8) is 0 Å². The van der Waals surface area contributed by atoms with Crippen LogP contribution in [0.25, 0.3) is 0 Å². The predicted molar refractivity (Wildman–Crippen MR) is 113 cm³/mol. The van der Waals surface area contributed by atoms with Crippen LogP contribution in [-0.2, 0) is 12.8 Å². The van der Waals surface area contributed by atoms with Crippen LogP contribution in [0.5, 0.6) is 34.5 Å². The fourth-order valence-electron chi connectivity index (χ4n) is 3.42. The molecule has 0 N–H and O–H groups in total. The first-order valence-corrected chi connectivity index (χ1v) is 9.35. The molecule has 0 aliphatic heterocycles. The third-order valence-electron chi connectivity index (χ3n) is 4.89. The molecule has 0 spiro atoms. The van der Waals surface area contributed by atoms with Crippen LogP contribution in [0.1, 0.15) is 11.1 Å². The number of methoxy groups -OCH3 is 6. The fraction of sp³-hybridized carbons (Fsp3) is 0.391. The van der Waals surface area contributed by atoms with Crippen LogP contribution >= 0.6 is 0 Å². The van der Waals surface area contributed by atoms with E-state index in [1.807, 2.05) is 0 Å². The Kier molecular flexibility index (Phi) is 7.81. The molecule has 31 heavy (non-hydrogen) atoms. The maximum Gasteiger partial charge on any atom is 0.203 e. The average molecular weight is 426 g/mol. The molecule has 0 aromatic heterocycles. The summed E-state index contributed by atoms with van der Waals surface area (Å²) in [6.45, 7) is 0. The highest BCUT2D eigenvalue weighted by atomic mass is 16.5. The third-order valence-corrected chi connectivity index (χ3v) is 4.89. The SMILES string of the molecule is COc1cc(CC(C#N)(C#N)Cc2cc(OC)c(OC)c(OC)c2)cc(OC)c1OC. The van der Waals surface area contributed by atoms with E-state index < -0.39 is 5.41 Å². The molecule has 0 unspecified atom stereocenters. The van der Waals surface area contributed by atoms with Crippen molar-refractivity contribution in [2.75, 3.05) is 42.7 Å². The van der Waals surface area contributed by atoms with Crippen molar-refractivity contribution >= 4 is 0 Å². The van der Waals surface area contributed by atoms with Gasteiger partial charge in [-0.2, -0.15) is 10.5 Å². The second kappa shape index (κ2) is 10.3. The number of ether oxygens (including phenoxy) is 6. The normalized spacial score (nSPS) is 10.5. The van der Waals surface area contributed by atoms with Gasteiger partial charge in [-0.25, -0.2) is 0 Å². The molecule has 0 radical (unpaired) electrons. The van der Waals surface area contributed by atoms with E-state index in [0.717, 1.165) is 0 Å². The quantitative estimate of drug-likeness (QED) is 0.568. The van der Waals surface area contributed by atoms with Crippen molar-refractivity contribution in [1.29, 1.82) is 10.5 Å². The standard InChI is InChI=1S/C23H26N2O6/c1-26-17-7-15(8-18(27-2)21(17)30-5)11-23(13-24,14-25)12-16-9-19(28-3)22(31-6)20(10-16)29-4/h7-10H,11-12H2,1-6H3. The summed E-state index contributed by atoms with van der Waals surface area (Å²) in [5.74, 6) is 2.70. The first kappa shape index (κ1) is 23.5. The summed E-state index contributed by atoms with van der Waals surface area (Å²) in [6, 6.07) is 11.3. The minimum absolute atomic E-state index is 0.146. The second-order valence-electron chi connectivity index (χ2n) is 6.73. The van der Waals surface area contributed by atoms with E-state index in [2.05, 4.69) is 12.1 Å². The van der Waals surface area contributed by atoms with Crippen molar-refractivity contribution in [2.45, 2.75) is 12.8 Å². The average Bonchev–Trinajstić information content (AvgIpc) is 2.81. The molecule has 0 atom stereocenters. The Hall–Kier alpha value is -3.78. The van der Waals surface area contributed by atoms with Gasteiger partial charge in [0, 0.05) is 12.8 Å². The van der Waals surface area contributed by atoms with Gasteiger partial charge in [-0.1, -0.05) is 0 Å². The van der Waals surface area contributed by atoms with E-state index >= 15 is 0 Å². The largest absolute Gasteiger partial charge is 0.493 e. The minimum atomic E-state index is -1.35. The Morgan fingerprint density at radius 2 is 0.871 bits per heavy atom. The van der Waals surface area contributed by atoms with Crippen molar-refractivity contribution in [3.8, 4) is 46.6 Å². The van der Waals surface area contributed by atoms with Crippen LogP contribution in [0.4, 0.5) is 0 Å². The monoisotopic (exact) mass is 426 g/mol. The van der Waals surface area contributed by atoms with Crippen LogP contribution in [0.2, 0.25) is 0 Å². The summed E-state index contributed by atoms with van der Waals surface area (Å²) in [6.07, 6.45) is 0.292. The molecular formula is C23H26N2O6. The summed E-state index contributed by atoms with van der Waals surface area (Å²) < 4.78 is 32.2. The van der Waals surface area contributed by atoms with E-state index in [1.165, 1.54) is 42.7 Å². The zero-order valence-electron chi connectivity index (χ0n) is 18.6. The molecule has 0 bridgehead atoms. The molecule has 0 fully saturated rings. The number of nitriles is 2. The molecule has 0 saturated heterocycles. The van der Waals surface area contributed by atoms with Gasteiger partial charge >= 0.3 is 0 Å². The number of hydrogen-bond donors (Lipinski definition) is 0. The molecule has 2 aromatic rings. The fourth-order valence-corrected chi connectivity index (χ4v) is 3.42. The van der Waals surface area contributed by atoms with E-state index in [-0.39, 0.29) is 12.8 Å². The summed E-state index contributed by atoms with van der Waals surface area (Å²) in [4.78, 5) is 0. The molecule has 0 saturated carbocycles. The minimum Gasteiger partial charge on any atom is -0.493 e. The molecule has 8 nitrogen and oxygen atoms in total. The number of hydrogen-bond acceptors (Lipinski definition) is 8. The van der Waals surface area contributed by atoms with Crippen LogP contribution < -0.4 is 28.4 Å². The van der Waals surface area contributed by atoms with Crippen molar-refractivity contribution in [2.24, 2.45) is 5.41 Å². The van der Waals surface area contributed by atoms with Crippen molar-refractivity contribution in [1.82, 2.24) is 0 Å². The van der Waals surface area contributed by atoms with Gasteiger partial charge < -0.3 is 28.4 Å². The molecule has 2 rings (SSSR count). The lowest BCUT2D eigenvalue weighted by atomic mass is 9.79. The Balaban J connectivity index is 2.49. The summed E-state index contributed by atoms with van der Waals surface area (Å²) >= 11 is 0. The predicted octanol–water partition coefficient (Wildman–Crippen LogP) is 3.56. The van der Waals surface area contributed by atoms with Crippen LogP contribution in [0.3, 0.4) is 0 Å². The summed E-state index contributed by atoms with van der Waals surface area (Å²) in [7, 11) is 9.08. The maximum atomic E-state index is 9.96. The maximum absolute atomic E-state index is 9.96. The Morgan fingerprint density at radius 3 is 1.06 bits per heavy atom. The molecule has 0 amide bonds. The van der Waals surface area contributed by atoms with E-state index in [1.54, 1.807) is 24.3 Å². The van der Waals surface area contributed by atoms with Gasteiger partial charge in [-0.05, 0) is 35.4 Å². The van der Waals surface area contributed by atoms with Gasteiger partial charge in [0.25, 0.3) is 0 Å². The van der Waals surface area contributed by atoms with Gasteiger partial charge in [0.05, 0.1) is 54.8 Å². The smallest absolute Gasteiger partial charge is 0.203 e. The highest BCUT2D eigenvalue weighted by molar-refractivity contribution is 5.56. The number of nitrogens with zero attached hydrogens (tertiary/aromatic N) is 2. The van der Waals surface area contributed by atoms with Crippen LogP contribution in [0.15, 0.2) is 24.3 Å². The second-order valence-corrected chi connectivity index (χ2v) is 6.73. The van der Waals surface area contributed by atoms with Gasteiger partial charge in [0.15, 0.2) is 28.4 Å². The number of rotatable bonds is 10. The highest BCUT2D eigenvalue weighted by Gasteiger charge is 2.33. The lowest BCUT2D eigenvalue weighted by Gasteiger charge is -2.22. The van der Waals surface area contributed by atoms with Gasteiger partial charge in [-0.15, -0.1) is 0 Å². The zero-order chi connectivity index (χ0) is 23.0. The summed E-state index contributed by atoms with van der Waals surface area (Å²) in [5, 5.41) is 19.9. The zero-order valence-corrected chi connectivity index (χ0v) is 18.6. The van der Waals surface area contributed by atoms with Gasteiger partial charge in [0.1, 0.15) is 0 Å². The molecule has 0 aliphatic rings. The van der Waals surface area contributed by atoms with Crippen molar-refractivity contribution in [3.05, 3.63) is 35.4 Å². The molecule has 0 aliphatic carbocycles. The lowest BCUT2D eigenvalue weighted by molar-refractivity contribution is 0.322. The molecule has 0 heterocycles.